The number of rotatable bonds is 10. The third-order valence-corrected chi connectivity index (χ3v) is 8.81. The van der Waals surface area contributed by atoms with Crippen molar-refractivity contribution in [3.8, 4) is 17.2 Å². The maximum atomic E-state index is 14.3. The van der Waals surface area contributed by atoms with E-state index in [4.69, 9.17) is 4.74 Å². The van der Waals surface area contributed by atoms with Gasteiger partial charge in [-0.15, -0.1) is 0 Å². The van der Waals surface area contributed by atoms with Crippen LogP contribution in [0.3, 0.4) is 0 Å². The molecule has 2 aliphatic carbocycles. The molecule has 1 unspecified atom stereocenters. The van der Waals surface area contributed by atoms with Crippen LogP contribution in [0.5, 0.6) is 0 Å². The minimum Gasteiger partial charge on any atom is -0.390 e. The average molecular weight is 551 g/mol. The fourth-order valence-electron chi connectivity index (χ4n) is 6.37. The maximum Gasteiger partial charge on any atom is 0.257 e. The second-order valence-electron chi connectivity index (χ2n) is 11.7. The molecule has 2 saturated carbocycles. The van der Waals surface area contributed by atoms with E-state index in [0.717, 1.165) is 85.0 Å². The lowest BCUT2D eigenvalue weighted by Crippen LogP contribution is -2.35. The van der Waals surface area contributed by atoms with Crippen molar-refractivity contribution in [2.45, 2.75) is 83.0 Å². The fraction of sp³-hybridized carbons (Fsp3) is 0.441. The summed E-state index contributed by atoms with van der Waals surface area (Å²) in [6.45, 7) is 2.55. The molecule has 2 aliphatic rings. The Bertz CT molecular complexity index is 1600. The largest absolute Gasteiger partial charge is 0.390 e. The lowest BCUT2D eigenvalue weighted by molar-refractivity contribution is -0.0347. The normalized spacial score (nSPS) is 19.7. The topological polar surface area (TPSA) is 92.5 Å². The summed E-state index contributed by atoms with van der Waals surface area (Å²) < 4.78 is 10.0. The molecule has 0 saturated heterocycles. The van der Waals surface area contributed by atoms with Crippen LogP contribution in [0.1, 0.15) is 80.3 Å². The molecule has 2 aromatic heterocycles. The molecule has 1 atom stereocenters. The van der Waals surface area contributed by atoms with Crippen molar-refractivity contribution < 1.29 is 9.84 Å². The van der Waals surface area contributed by atoms with Crippen LogP contribution >= 0.6 is 0 Å². The number of aromatic nitrogens is 3. The Morgan fingerprint density at radius 3 is 2.51 bits per heavy atom. The van der Waals surface area contributed by atoms with Gasteiger partial charge in [0.2, 0.25) is 0 Å². The van der Waals surface area contributed by atoms with E-state index in [-0.39, 0.29) is 23.8 Å². The Hall–Kier alpha value is -3.73. The quantitative estimate of drug-likeness (QED) is 0.267. The Morgan fingerprint density at radius 2 is 1.80 bits per heavy atom. The van der Waals surface area contributed by atoms with Gasteiger partial charge in [0.15, 0.2) is 0 Å². The molecule has 0 aliphatic heterocycles. The van der Waals surface area contributed by atoms with E-state index in [9.17, 15) is 15.2 Å². The van der Waals surface area contributed by atoms with Crippen molar-refractivity contribution in [3.05, 3.63) is 93.5 Å². The molecular weight excluding hydrogens is 512 g/mol. The minimum atomic E-state index is -0.342. The van der Waals surface area contributed by atoms with Crippen molar-refractivity contribution in [3.63, 3.8) is 0 Å². The maximum absolute atomic E-state index is 14.3. The molecule has 2 fully saturated rings. The monoisotopic (exact) mass is 550 g/mol. The van der Waals surface area contributed by atoms with E-state index >= 15 is 0 Å². The molecule has 4 aromatic rings. The molecule has 41 heavy (non-hydrogen) atoms. The summed E-state index contributed by atoms with van der Waals surface area (Å²) >= 11 is 0. The number of benzene rings is 2. The number of hydrogen-bond acceptors (Lipinski definition) is 5. The number of aryl methyl sites for hydroxylation is 1. The standard InChI is InChI=1S/C34H38N4O3/c1-2-5-31-30(20-23-8-10-24(11-9-23)29-7-4-3-6-26(29)21-35)34(40)37(33-18-19-36-38(31)33)27-14-16-28(17-15-27)41-22-32(39)25-12-13-25/h3-4,6-11,18-19,25,27-28,32,39H,2,5,12-17,20,22H2,1H3. The number of nitriles is 1. The summed E-state index contributed by atoms with van der Waals surface area (Å²) in [7, 11) is 0. The van der Waals surface area contributed by atoms with Gasteiger partial charge in [-0.05, 0) is 73.6 Å². The summed E-state index contributed by atoms with van der Waals surface area (Å²) in [6, 6.07) is 20.2. The molecule has 0 amide bonds. The van der Waals surface area contributed by atoms with E-state index in [1.54, 1.807) is 6.20 Å². The second kappa shape index (κ2) is 12.0. The summed E-state index contributed by atoms with van der Waals surface area (Å²) in [4.78, 5) is 14.3. The lowest BCUT2D eigenvalue weighted by atomic mass is 9.92. The molecule has 212 valence electrons. The van der Waals surface area contributed by atoms with Crippen molar-refractivity contribution in [1.29, 1.82) is 5.26 Å². The Morgan fingerprint density at radius 1 is 1.05 bits per heavy atom. The van der Waals surface area contributed by atoms with Crippen molar-refractivity contribution in [2.24, 2.45) is 5.92 Å². The van der Waals surface area contributed by atoms with Crippen LogP contribution < -0.4 is 5.56 Å². The van der Waals surface area contributed by atoms with Gasteiger partial charge < -0.3 is 9.84 Å². The van der Waals surface area contributed by atoms with Crippen molar-refractivity contribution in [1.82, 2.24) is 14.2 Å². The van der Waals surface area contributed by atoms with Gasteiger partial charge in [0, 0.05) is 24.1 Å². The molecule has 1 N–H and O–H groups in total. The van der Waals surface area contributed by atoms with E-state index in [1.165, 1.54) is 0 Å². The predicted octanol–water partition coefficient (Wildman–Crippen LogP) is 5.85. The van der Waals surface area contributed by atoms with Gasteiger partial charge in [0.05, 0.1) is 42.3 Å². The smallest absolute Gasteiger partial charge is 0.257 e. The first-order valence-corrected chi connectivity index (χ1v) is 15.1. The number of nitrogens with zero attached hydrogens (tertiary/aromatic N) is 4. The highest BCUT2D eigenvalue weighted by molar-refractivity contribution is 5.70. The number of fused-ring (bicyclic) bond motifs is 1. The number of hydrogen-bond donors (Lipinski definition) is 1. The second-order valence-corrected chi connectivity index (χ2v) is 11.7. The van der Waals surface area contributed by atoms with Crippen LogP contribution in [0.15, 0.2) is 65.6 Å². The molecule has 7 heteroatoms. The summed E-state index contributed by atoms with van der Waals surface area (Å²) in [5.41, 5.74) is 6.34. The first-order valence-electron chi connectivity index (χ1n) is 15.1. The van der Waals surface area contributed by atoms with Gasteiger partial charge in [-0.3, -0.25) is 9.36 Å². The Labute approximate surface area is 241 Å². The zero-order valence-electron chi connectivity index (χ0n) is 23.7. The highest BCUT2D eigenvalue weighted by Crippen LogP contribution is 2.35. The van der Waals surface area contributed by atoms with Gasteiger partial charge in [-0.1, -0.05) is 55.8 Å². The number of ether oxygens (including phenoxy) is 1. The van der Waals surface area contributed by atoms with E-state index in [2.05, 4.69) is 30.2 Å². The average Bonchev–Trinajstić information content (AvgIpc) is 3.76. The van der Waals surface area contributed by atoms with E-state index in [0.29, 0.717) is 24.5 Å². The van der Waals surface area contributed by atoms with Gasteiger partial charge in [0.1, 0.15) is 5.65 Å². The van der Waals surface area contributed by atoms with Gasteiger partial charge in [-0.25, -0.2) is 4.52 Å². The van der Waals surface area contributed by atoms with Crippen LogP contribution in [0.2, 0.25) is 0 Å². The van der Waals surface area contributed by atoms with E-state index < -0.39 is 0 Å². The van der Waals surface area contributed by atoms with Gasteiger partial charge >= 0.3 is 0 Å². The van der Waals surface area contributed by atoms with Gasteiger partial charge in [0.25, 0.3) is 5.56 Å². The zero-order valence-corrected chi connectivity index (χ0v) is 23.7. The SMILES string of the molecule is CCCc1c(Cc2ccc(-c3ccccc3C#N)cc2)c(=O)n(C2CCC(OCC(O)C3CC3)CC2)c2ccnn12. The highest BCUT2D eigenvalue weighted by Gasteiger charge is 2.32. The van der Waals surface area contributed by atoms with Crippen LogP contribution in [0.4, 0.5) is 0 Å². The molecule has 0 bridgehead atoms. The Balaban J connectivity index is 1.27. The fourth-order valence-corrected chi connectivity index (χ4v) is 6.37. The third-order valence-electron chi connectivity index (χ3n) is 8.81. The minimum absolute atomic E-state index is 0.0777. The first-order chi connectivity index (χ1) is 20.1. The number of aliphatic hydroxyl groups is 1. The molecule has 7 nitrogen and oxygen atoms in total. The zero-order chi connectivity index (χ0) is 28.3. The van der Waals surface area contributed by atoms with Crippen molar-refractivity contribution in [2.75, 3.05) is 6.61 Å². The summed E-state index contributed by atoms with van der Waals surface area (Å²) in [5.74, 6) is 0.421. The summed E-state index contributed by atoms with van der Waals surface area (Å²) in [6.07, 6.45) is 9.53. The molecule has 0 spiro atoms. The van der Waals surface area contributed by atoms with Crippen LogP contribution in [0.25, 0.3) is 16.8 Å². The predicted molar refractivity (Wildman–Crippen MR) is 159 cm³/mol. The first kappa shape index (κ1) is 27.4. The highest BCUT2D eigenvalue weighted by atomic mass is 16.5. The lowest BCUT2D eigenvalue weighted by Gasteiger charge is -2.31. The van der Waals surface area contributed by atoms with Crippen LogP contribution in [-0.2, 0) is 17.6 Å². The Kier molecular flexibility index (Phi) is 8.04. The molecule has 2 heterocycles. The molecular formula is C34H38N4O3. The summed E-state index contributed by atoms with van der Waals surface area (Å²) in [5, 5.41) is 24.4. The van der Waals surface area contributed by atoms with Gasteiger partial charge in [-0.2, -0.15) is 10.4 Å². The van der Waals surface area contributed by atoms with Crippen molar-refractivity contribution >= 4 is 5.65 Å². The number of aliphatic hydroxyl groups excluding tert-OH is 1. The molecule has 0 radical (unpaired) electrons. The van der Waals surface area contributed by atoms with E-state index in [1.807, 2.05) is 51.5 Å². The third kappa shape index (κ3) is 5.72. The molecule has 6 rings (SSSR count). The molecule has 2 aromatic carbocycles. The van der Waals surface area contributed by atoms with Crippen LogP contribution in [-0.4, -0.2) is 38.1 Å². The van der Waals surface area contributed by atoms with Crippen LogP contribution in [0, 0.1) is 17.2 Å².